The fourth-order valence-corrected chi connectivity index (χ4v) is 5.75. The number of benzene rings is 1. The van der Waals surface area contributed by atoms with E-state index in [0.29, 0.717) is 49.1 Å². The fraction of sp³-hybridized carbons (Fsp3) is 0.481. The first-order valence-electron chi connectivity index (χ1n) is 13.6. The third kappa shape index (κ3) is 4.54. The maximum atomic E-state index is 13.4. The number of amides is 3. The first kappa shape index (κ1) is 25.8. The summed E-state index contributed by atoms with van der Waals surface area (Å²) in [6.45, 7) is 5.02. The quantitative estimate of drug-likeness (QED) is 0.349. The first-order chi connectivity index (χ1) is 19.1. The Hall–Kier alpha value is -4.42. The van der Waals surface area contributed by atoms with E-state index >= 15 is 0 Å². The van der Waals surface area contributed by atoms with Crippen LogP contribution in [0.5, 0.6) is 0 Å². The number of urea groups is 1. The Balaban J connectivity index is 1.21. The van der Waals surface area contributed by atoms with Gasteiger partial charge in [-0.2, -0.15) is 20.1 Å². The Morgan fingerprint density at radius 1 is 1.15 bits per heavy atom. The molecule has 3 aromatic rings. The second kappa shape index (κ2) is 9.65. The molecule has 5 N–H and O–H groups in total. The lowest BCUT2D eigenvalue weighted by Crippen LogP contribution is -2.47. The molecule has 3 aliphatic rings. The van der Waals surface area contributed by atoms with Crippen LogP contribution in [0.3, 0.4) is 0 Å². The second-order valence-electron chi connectivity index (χ2n) is 11.4. The predicted molar refractivity (Wildman–Crippen MR) is 150 cm³/mol. The summed E-state index contributed by atoms with van der Waals surface area (Å²) in [5.74, 6) is 1.61. The van der Waals surface area contributed by atoms with Crippen LogP contribution in [0.2, 0.25) is 0 Å². The molecule has 1 aromatic carbocycles. The highest BCUT2D eigenvalue weighted by Gasteiger charge is 2.47. The zero-order valence-corrected chi connectivity index (χ0v) is 23.2. The second-order valence-corrected chi connectivity index (χ2v) is 11.4. The van der Waals surface area contributed by atoms with Gasteiger partial charge in [0.1, 0.15) is 6.04 Å². The summed E-state index contributed by atoms with van der Waals surface area (Å²) >= 11 is 0. The maximum absolute atomic E-state index is 13.4. The number of anilines is 4. The van der Waals surface area contributed by atoms with Crippen LogP contribution in [0.1, 0.15) is 55.8 Å². The van der Waals surface area contributed by atoms with Crippen LogP contribution in [0.4, 0.5) is 28.5 Å². The number of fused-ring (bicyclic) bond motifs is 1. The molecule has 3 amide bonds. The van der Waals surface area contributed by atoms with Crippen molar-refractivity contribution in [2.75, 3.05) is 35.8 Å². The molecule has 2 unspecified atom stereocenters. The Labute approximate surface area is 232 Å². The summed E-state index contributed by atoms with van der Waals surface area (Å²) in [7, 11) is 3.68. The van der Waals surface area contributed by atoms with Gasteiger partial charge in [0.15, 0.2) is 5.82 Å². The maximum Gasteiger partial charge on any atom is 0.318 e. The Kier molecular flexibility index (Phi) is 6.23. The number of nitrogens with one attached hydrogen (secondary N) is 3. The fourth-order valence-electron chi connectivity index (χ4n) is 5.75. The molecule has 210 valence electrons. The molecular weight excluding hydrogens is 510 g/mol. The van der Waals surface area contributed by atoms with Crippen molar-refractivity contribution in [3.8, 4) is 0 Å². The third-order valence-electron chi connectivity index (χ3n) is 8.12. The Morgan fingerprint density at radius 2 is 1.93 bits per heavy atom. The number of aromatic amines is 1. The van der Waals surface area contributed by atoms with Crippen molar-refractivity contribution in [1.82, 2.24) is 35.4 Å². The van der Waals surface area contributed by atoms with E-state index in [0.717, 1.165) is 24.1 Å². The minimum absolute atomic E-state index is 0.104. The van der Waals surface area contributed by atoms with Gasteiger partial charge in [-0.05, 0) is 38.7 Å². The molecule has 40 heavy (non-hydrogen) atoms. The average Bonchev–Trinajstić information content (AvgIpc) is 3.24. The van der Waals surface area contributed by atoms with Crippen molar-refractivity contribution >= 4 is 35.6 Å². The Morgan fingerprint density at radius 3 is 2.65 bits per heavy atom. The molecule has 2 aromatic heterocycles. The van der Waals surface area contributed by atoms with Crippen molar-refractivity contribution < 1.29 is 9.59 Å². The molecule has 3 atom stereocenters. The van der Waals surface area contributed by atoms with E-state index in [-0.39, 0.29) is 12.1 Å². The van der Waals surface area contributed by atoms with E-state index < -0.39 is 17.5 Å². The summed E-state index contributed by atoms with van der Waals surface area (Å²) in [5.41, 5.74) is 8.03. The number of primary amides is 1. The summed E-state index contributed by atoms with van der Waals surface area (Å²) < 4.78 is 0. The first-order valence-corrected chi connectivity index (χ1v) is 13.6. The van der Waals surface area contributed by atoms with Gasteiger partial charge >= 0.3 is 6.03 Å². The van der Waals surface area contributed by atoms with Crippen LogP contribution >= 0.6 is 0 Å². The molecule has 1 aliphatic carbocycles. The highest BCUT2D eigenvalue weighted by Crippen LogP contribution is 2.43. The van der Waals surface area contributed by atoms with Gasteiger partial charge in [0.25, 0.3) is 0 Å². The van der Waals surface area contributed by atoms with Gasteiger partial charge in [-0.25, -0.2) is 4.79 Å². The average molecular weight is 546 g/mol. The smallest absolute Gasteiger partial charge is 0.318 e. The van der Waals surface area contributed by atoms with E-state index in [1.165, 1.54) is 5.56 Å². The van der Waals surface area contributed by atoms with Crippen LogP contribution in [0.25, 0.3) is 0 Å². The molecule has 6 rings (SSSR count). The lowest BCUT2D eigenvalue weighted by molar-refractivity contribution is -0.119. The molecule has 0 bridgehead atoms. The van der Waals surface area contributed by atoms with Crippen molar-refractivity contribution in [3.63, 3.8) is 0 Å². The zero-order chi connectivity index (χ0) is 28.2. The van der Waals surface area contributed by atoms with Crippen molar-refractivity contribution in [2.24, 2.45) is 5.73 Å². The molecule has 2 aliphatic heterocycles. The minimum atomic E-state index is -0.590. The van der Waals surface area contributed by atoms with Crippen LogP contribution in [0, 0.1) is 0 Å². The van der Waals surface area contributed by atoms with Crippen LogP contribution in [0.15, 0.2) is 30.3 Å². The van der Waals surface area contributed by atoms with Crippen molar-refractivity contribution in [2.45, 2.75) is 63.2 Å². The van der Waals surface area contributed by atoms with Gasteiger partial charge in [0, 0.05) is 38.2 Å². The number of aromatic nitrogens is 5. The van der Waals surface area contributed by atoms with Gasteiger partial charge in [0.2, 0.25) is 23.8 Å². The third-order valence-corrected chi connectivity index (χ3v) is 8.12. The SMILES string of the molecule is CN(C)c1nc(Nc2n[nH]c3c2CN(C(=O)NC2CC2c2ccccc2)C3(C)C)nc(N2CCC[C@H]2C(N)=O)n1. The zero-order valence-electron chi connectivity index (χ0n) is 23.2. The molecule has 1 saturated carbocycles. The number of nitrogens with two attached hydrogens (primary N) is 1. The number of nitrogens with zero attached hydrogens (tertiary/aromatic N) is 7. The lowest BCUT2D eigenvalue weighted by Gasteiger charge is -2.32. The highest BCUT2D eigenvalue weighted by atomic mass is 16.2. The minimum Gasteiger partial charge on any atom is -0.368 e. The number of carbonyl (C=O) groups excluding carboxylic acids is 2. The summed E-state index contributed by atoms with van der Waals surface area (Å²) in [4.78, 5) is 44.6. The van der Waals surface area contributed by atoms with Crippen LogP contribution in [-0.4, -0.2) is 74.7 Å². The molecule has 4 heterocycles. The molecular formula is C27H35N11O2. The standard InChI is InChI=1S/C27H35N11O2/c1-27(2)20-17(14-38(27)26(40)29-18-13-16(18)15-9-6-5-7-10-15)22(35-34-20)30-23-31-24(36(3)4)33-25(32-23)37-12-8-11-19(37)21(28)39/h5-7,9-10,16,18-19H,8,11-14H2,1-4H3,(H2,28,39)(H,29,40)(H2,30,31,32,33,34,35)/t16?,18?,19-/m0/s1. The van der Waals surface area contributed by atoms with Gasteiger partial charge in [0.05, 0.1) is 17.8 Å². The molecule has 2 fully saturated rings. The molecule has 13 nitrogen and oxygen atoms in total. The number of H-pyrrole nitrogens is 1. The van der Waals surface area contributed by atoms with Gasteiger partial charge in [-0.1, -0.05) is 30.3 Å². The molecule has 1 saturated heterocycles. The molecule has 13 heteroatoms. The topological polar surface area (TPSA) is 161 Å². The number of hydrogen-bond acceptors (Lipinski definition) is 9. The van der Waals surface area contributed by atoms with E-state index in [2.05, 4.69) is 47.9 Å². The molecule has 0 radical (unpaired) electrons. The molecule has 0 spiro atoms. The van der Waals surface area contributed by atoms with Crippen molar-refractivity contribution in [3.05, 3.63) is 47.2 Å². The van der Waals surface area contributed by atoms with Gasteiger partial charge in [-0.15, -0.1) is 0 Å². The predicted octanol–water partition coefficient (Wildman–Crippen LogP) is 2.17. The Bertz CT molecular complexity index is 1440. The van der Waals surface area contributed by atoms with Gasteiger partial charge in [-0.3, -0.25) is 9.89 Å². The number of hydrogen-bond donors (Lipinski definition) is 4. The largest absolute Gasteiger partial charge is 0.368 e. The van der Waals surface area contributed by atoms with E-state index in [1.54, 1.807) is 4.90 Å². The highest BCUT2D eigenvalue weighted by molar-refractivity contribution is 5.83. The van der Waals surface area contributed by atoms with Crippen LogP contribution in [-0.2, 0) is 16.9 Å². The van der Waals surface area contributed by atoms with Crippen molar-refractivity contribution in [1.29, 1.82) is 0 Å². The lowest BCUT2D eigenvalue weighted by atomic mass is 10.0. The van der Waals surface area contributed by atoms with E-state index in [4.69, 9.17) is 5.73 Å². The van der Waals surface area contributed by atoms with Gasteiger partial charge < -0.3 is 31.1 Å². The normalized spacial score (nSPS) is 22.6. The number of rotatable bonds is 7. The van der Waals surface area contributed by atoms with E-state index in [1.807, 2.05) is 55.9 Å². The summed E-state index contributed by atoms with van der Waals surface area (Å²) in [6.07, 6.45) is 2.42. The van der Waals surface area contributed by atoms with Crippen LogP contribution < -0.4 is 26.2 Å². The monoisotopic (exact) mass is 545 g/mol. The summed E-state index contributed by atoms with van der Waals surface area (Å²) in [6, 6.07) is 9.85. The van der Waals surface area contributed by atoms with E-state index in [9.17, 15) is 9.59 Å². The number of carbonyl (C=O) groups is 2. The summed E-state index contributed by atoms with van der Waals surface area (Å²) in [5, 5.41) is 14.1.